The molecule has 1 amide bonds. The van der Waals surface area contributed by atoms with Crippen molar-refractivity contribution in [1.29, 1.82) is 0 Å². The molecule has 1 aromatic rings. The van der Waals surface area contributed by atoms with Crippen LogP contribution in [0.15, 0.2) is 36.9 Å². The Balaban J connectivity index is 2.73. The molecule has 0 saturated carbocycles. The standard InChI is InChI=1S/C13H18N2O2/c1-4-5-13(15-14-10(2)16)11-6-8-12(17-3)9-7-11/h4,6-9,13,15H,1,5H2,2-3H3,(H,14,16)/t13-/m1/s1. The molecule has 0 aliphatic carbocycles. The number of hydrogen-bond acceptors (Lipinski definition) is 3. The van der Waals surface area contributed by atoms with Crippen molar-refractivity contribution in [2.24, 2.45) is 0 Å². The van der Waals surface area contributed by atoms with Crippen LogP contribution in [0.25, 0.3) is 0 Å². The number of carbonyl (C=O) groups excluding carboxylic acids is 1. The molecule has 17 heavy (non-hydrogen) atoms. The lowest BCUT2D eigenvalue weighted by atomic mass is 10.0. The second kappa shape index (κ2) is 6.70. The van der Waals surface area contributed by atoms with Gasteiger partial charge in [-0.25, -0.2) is 5.43 Å². The van der Waals surface area contributed by atoms with Crippen molar-refractivity contribution < 1.29 is 9.53 Å². The summed E-state index contributed by atoms with van der Waals surface area (Å²) in [6, 6.07) is 7.72. The first-order valence-electron chi connectivity index (χ1n) is 5.44. The predicted molar refractivity (Wildman–Crippen MR) is 67.5 cm³/mol. The monoisotopic (exact) mass is 234 g/mol. The van der Waals surface area contributed by atoms with Gasteiger partial charge in [0.05, 0.1) is 13.2 Å². The molecule has 0 radical (unpaired) electrons. The summed E-state index contributed by atoms with van der Waals surface area (Å²) in [6.07, 6.45) is 2.54. The van der Waals surface area contributed by atoms with Crippen LogP contribution in [-0.4, -0.2) is 13.0 Å². The van der Waals surface area contributed by atoms with E-state index in [4.69, 9.17) is 4.74 Å². The molecular weight excluding hydrogens is 216 g/mol. The number of methoxy groups -OCH3 is 1. The molecule has 1 rings (SSSR count). The van der Waals surface area contributed by atoms with E-state index >= 15 is 0 Å². The van der Waals surface area contributed by atoms with Gasteiger partial charge in [0.2, 0.25) is 5.91 Å². The van der Waals surface area contributed by atoms with Gasteiger partial charge < -0.3 is 4.74 Å². The van der Waals surface area contributed by atoms with Gasteiger partial charge >= 0.3 is 0 Å². The molecule has 0 heterocycles. The lowest BCUT2D eigenvalue weighted by Crippen LogP contribution is -2.38. The maximum Gasteiger partial charge on any atom is 0.230 e. The zero-order valence-electron chi connectivity index (χ0n) is 10.2. The van der Waals surface area contributed by atoms with Crippen LogP contribution >= 0.6 is 0 Å². The number of amides is 1. The van der Waals surface area contributed by atoms with Gasteiger partial charge in [0, 0.05) is 6.92 Å². The Morgan fingerprint density at radius 1 is 1.47 bits per heavy atom. The van der Waals surface area contributed by atoms with E-state index in [0.717, 1.165) is 17.7 Å². The Bertz CT molecular complexity index is 374. The van der Waals surface area contributed by atoms with Gasteiger partial charge in [-0.1, -0.05) is 18.2 Å². The molecule has 4 nitrogen and oxygen atoms in total. The van der Waals surface area contributed by atoms with Crippen LogP contribution in [0.2, 0.25) is 0 Å². The molecule has 1 atom stereocenters. The summed E-state index contributed by atoms with van der Waals surface area (Å²) < 4.78 is 5.10. The number of carbonyl (C=O) groups is 1. The minimum atomic E-state index is -0.118. The second-order valence-corrected chi connectivity index (χ2v) is 3.68. The van der Waals surface area contributed by atoms with Crippen molar-refractivity contribution >= 4 is 5.91 Å². The first-order valence-corrected chi connectivity index (χ1v) is 5.44. The normalized spacial score (nSPS) is 11.6. The zero-order valence-corrected chi connectivity index (χ0v) is 10.2. The van der Waals surface area contributed by atoms with Gasteiger partial charge in [-0.05, 0) is 24.1 Å². The first kappa shape index (κ1) is 13.3. The highest BCUT2D eigenvalue weighted by atomic mass is 16.5. The zero-order chi connectivity index (χ0) is 12.7. The third-order valence-corrected chi connectivity index (χ3v) is 2.34. The average Bonchev–Trinajstić information content (AvgIpc) is 2.34. The number of rotatable bonds is 6. The smallest absolute Gasteiger partial charge is 0.230 e. The van der Waals surface area contributed by atoms with Crippen molar-refractivity contribution in [1.82, 2.24) is 10.9 Å². The SMILES string of the molecule is C=CC[C@@H](NNC(C)=O)c1ccc(OC)cc1. The van der Waals surface area contributed by atoms with E-state index in [1.807, 2.05) is 30.3 Å². The van der Waals surface area contributed by atoms with Gasteiger partial charge in [0.1, 0.15) is 5.75 Å². The first-order chi connectivity index (χ1) is 8.17. The van der Waals surface area contributed by atoms with E-state index in [1.165, 1.54) is 6.92 Å². The fourth-order valence-corrected chi connectivity index (χ4v) is 1.47. The number of benzene rings is 1. The molecule has 0 unspecified atom stereocenters. The average molecular weight is 234 g/mol. The van der Waals surface area contributed by atoms with Crippen molar-refractivity contribution in [2.75, 3.05) is 7.11 Å². The van der Waals surface area contributed by atoms with Crippen molar-refractivity contribution in [2.45, 2.75) is 19.4 Å². The Morgan fingerprint density at radius 3 is 2.59 bits per heavy atom. The highest BCUT2D eigenvalue weighted by Gasteiger charge is 2.09. The van der Waals surface area contributed by atoms with Gasteiger partial charge in [0.15, 0.2) is 0 Å². The van der Waals surface area contributed by atoms with Crippen LogP contribution in [0.3, 0.4) is 0 Å². The Kier molecular flexibility index (Phi) is 5.23. The molecule has 0 aliphatic rings. The molecule has 0 aliphatic heterocycles. The molecule has 4 heteroatoms. The van der Waals surface area contributed by atoms with Gasteiger partial charge in [-0.15, -0.1) is 6.58 Å². The summed E-state index contributed by atoms with van der Waals surface area (Å²) in [7, 11) is 1.63. The molecular formula is C13H18N2O2. The van der Waals surface area contributed by atoms with Crippen molar-refractivity contribution in [3.05, 3.63) is 42.5 Å². The summed E-state index contributed by atoms with van der Waals surface area (Å²) in [5.41, 5.74) is 6.62. The minimum absolute atomic E-state index is 0.0160. The molecule has 0 spiro atoms. The van der Waals surface area contributed by atoms with E-state index in [2.05, 4.69) is 17.4 Å². The van der Waals surface area contributed by atoms with Gasteiger partial charge in [-0.2, -0.15) is 0 Å². The van der Waals surface area contributed by atoms with E-state index in [0.29, 0.717) is 0 Å². The van der Waals surface area contributed by atoms with Crippen LogP contribution in [0.4, 0.5) is 0 Å². The van der Waals surface area contributed by atoms with E-state index in [1.54, 1.807) is 7.11 Å². The third-order valence-electron chi connectivity index (χ3n) is 2.34. The fraction of sp³-hybridized carbons (Fsp3) is 0.308. The molecule has 0 fully saturated rings. The van der Waals surface area contributed by atoms with E-state index in [-0.39, 0.29) is 11.9 Å². The van der Waals surface area contributed by atoms with Gasteiger partial charge in [-0.3, -0.25) is 10.2 Å². The lowest BCUT2D eigenvalue weighted by Gasteiger charge is -2.18. The predicted octanol–water partition coefficient (Wildman–Crippen LogP) is 1.95. The molecule has 92 valence electrons. The van der Waals surface area contributed by atoms with Crippen LogP contribution in [0, 0.1) is 0 Å². The molecule has 0 bridgehead atoms. The van der Waals surface area contributed by atoms with Crippen LogP contribution < -0.4 is 15.6 Å². The number of hydrogen-bond donors (Lipinski definition) is 2. The summed E-state index contributed by atoms with van der Waals surface area (Å²) >= 11 is 0. The van der Waals surface area contributed by atoms with Crippen molar-refractivity contribution in [3.63, 3.8) is 0 Å². The van der Waals surface area contributed by atoms with Crippen molar-refractivity contribution in [3.8, 4) is 5.75 Å². The second-order valence-electron chi connectivity index (χ2n) is 3.68. The number of hydrazine groups is 1. The molecule has 0 aromatic heterocycles. The number of ether oxygens (including phenoxy) is 1. The quantitative estimate of drug-likeness (QED) is 0.584. The Labute approximate surface area is 102 Å². The number of nitrogens with one attached hydrogen (secondary N) is 2. The maximum atomic E-state index is 10.9. The van der Waals surface area contributed by atoms with Crippen LogP contribution in [0.5, 0.6) is 5.75 Å². The largest absolute Gasteiger partial charge is 0.497 e. The summed E-state index contributed by atoms with van der Waals surface area (Å²) in [5.74, 6) is 0.693. The third kappa shape index (κ3) is 4.28. The summed E-state index contributed by atoms with van der Waals surface area (Å²) in [6.45, 7) is 5.17. The lowest BCUT2D eigenvalue weighted by molar-refractivity contribution is -0.120. The van der Waals surface area contributed by atoms with Crippen LogP contribution in [-0.2, 0) is 4.79 Å². The minimum Gasteiger partial charge on any atom is -0.497 e. The van der Waals surface area contributed by atoms with Gasteiger partial charge in [0.25, 0.3) is 0 Å². The fourth-order valence-electron chi connectivity index (χ4n) is 1.47. The van der Waals surface area contributed by atoms with Crippen LogP contribution in [0.1, 0.15) is 24.9 Å². The highest BCUT2D eigenvalue weighted by Crippen LogP contribution is 2.19. The molecule has 1 aromatic carbocycles. The van der Waals surface area contributed by atoms with E-state index < -0.39 is 0 Å². The van der Waals surface area contributed by atoms with E-state index in [9.17, 15) is 4.79 Å². The summed E-state index contributed by atoms with van der Waals surface area (Å²) in [4.78, 5) is 10.9. The highest BCUT2D eigenvalue weighted by molar-refractivity contribution is 5.72. The molecule has 2 N–H and O–H groups in total. The Morgan fingerprint density at radius 2 is 2.12 bits per heavy atom. The Hall–Kier alpha value is -1.81. The molecule has 0 saturated heterocycles. The summed E-state index contributed by atoms with van der Waals surface area (Å²) in [5, 5.41) is 0. The maximum absolute atomic E-state index is 10.9. The topological polar surface area (TPSA) is 50.4 Å².